The van der Waals surface area contributed by atoms with Crippen LogP contribution in [0.15, 0.2) is 0 Å². The Morgan fingerprint density at radius 3 is 2.62 bits per heavy atom. The van der Waals surface area contributed by atoms with Gasteiger partial charge in [-0.05, 0) is 33.6 Å². The molecule has 140 valence electrons. The summed E-state index contributed by atoms with van der Waals surface area (Å²) in [6, 6.07) is -0.102. The summed E-state index contributed by atoms with van der Waals surface area (Å²) in [6.45, 7) is 8.02. The Balaban J connectivity index is 1.44. The summed E-state index contributed by atoms with van der Waals surface area (Å²) in [7, 11) is 0. The van der Waals surface area contributed by atoms with E-state index >= 15 is 0 Å². The summed E-state index contributed by atoms with van der Waals surface area (Å²) in [5.41, 5.74) is 1.00. The summed E-state index contributed by atoms with van der Waals surface area (Å²) in [4.78, 5) is 20.1. The van der Waals surface area contributed by atoms with Gasteiger partial charge in [-0.25, -0.2) is 9.78 Å². The summed E-state index contributed by atoms with van der Waals surface area (Å²) in [6.07, 6.45) is 5.00. The van der Waals surface area contributed by atoms with Crippen molar-refractivity contribution in [2.45, 2.75) is 71.5 Å². The molecule has 1 fully saturated rings. The van der Waals surface area contributed by atoms with Gasteiger partial charge in [-0.15, -0.1) is 21.5 Å². The lowest BCUT2D eigenvalue weighted by atomic mass is 10.1. The Bertz CT molecular complexity index is 807. The van der Waals surface area contributed by atoms with Gasteiger partial charge in [0, 0.05) is 23.9 Å². The van der Waals surface area contributed by atoms with Crippen LogP contribution < -0.4 is 5.32 Å². The molecular weight excluding hydrogens is 348 g/mol. The van der Waals surface area contributed by atoms with Gasteiger partial charge >= 0.3 is 6.03 Å². The molecule has 2 aromatic heterocycles. The van der Waals surface area contributed by atoms with E-state index in [2.05, 4.69) is 25.1 Å². The molecule has 0 saturated heterocycles. The number of nitrogens with one attached hydrogen (secondary N) is 1. The van der Waals surface area contributed by atoms with Gasteiger partial charge in [-0.2, -0.15) is 0 Å². The highest BCUT2D eigenvalue weighted by atomic mass is 32.1. The monoisotopic (exact) mass is 374 g/mol. The van der Waals surface area contributed by atoms with Crippen LogP contribution in [0.2, 0.25) is 0 Å². The number of carbonyl (C=O) groups is 1. The smallest absolute Gasteiger partial charge is 0.318 e. The van der Waals surface area contributed by atoms with Crippen molar-refractivity contribution in [2.75, 3.05) is 6.54 Å². The van der Waals surface area contributed by atoms with E-state index in [9.17, 15) is 4.79 Å². The van der Waals surface area contributed by atoms with Crippen molar-refractivity contribution in [3.8, 4) is 0 Å². The number of aryl methyl sites for hydroxylation is 2. The molecule has 4 rings (SSSR count). The number of carbonyl (C=O) groups excluding carboxylic acids is 1. The van der Waals surface area contributed by atoms with Gasteiger partial charge in [0.05, 0.1) is 23.3 Å². The van der Waals surface area contributed by atoms with Crippen molar-refractivity contribution in [2.24, 2.45) is 0 Å². The van der Waals surface area contributed by atoms with E-state index in [1.165, 1.54) is 25.7 Å². The SMILES string of the molecule is Cc1nc(C)c(CNC(=O)N2CCn3c(C4CCCC4)nnc3C2C)s1. The van der Waals surface area contributed by atoms with Crippen molar-refractivity contribution in [3.05, 3.63) is 27.2 Å². The maximum atomic E-state index is 12.7. The third-order valence-corrected chi connectivity index (χ3v) is 6.67. The quantitative estimate of drug-likeness (QED) is 0.894. The van der Waals surface area contributed by atoms with E-state index in [0.29, 0.717) is 19.0 Å². The molecule has 1 aliphatic heterocycles. The molecule has 2 amide bonds. The van der Waals surface area contributed by atoms with Crippen molar-refractivity contribution < 1.29 is 4.79 Å². The molecule has 26 heavy (non-hydrogen) atoms. The zero-order valence-corrected chi connectivity index (χ0v) is 16.5. The highest BCUT2D eigenvalue weighted by molar-refractivity contribution is 7.11. The molecule has 2 aromatic rings. The maximum Gasteiger partial charge on any atom is 0.318 e. The van der Waals surface area contributed by atoms with Gasteiger partial charge in [0.1, 0.15) is 5.82 Å². The number of aromatic nitrogens is 4. The Labute approximate surface area is 157 Å². The number of hydrogen-bond acceptors (Lipinski definition) is 5. The van der Waals surface area contributed by atoms with Gasteiger partial charge in [-0.3, -0.25) is 0 Å². The largest absolute Gasteiger partial charge is 0.333 e. The molecular formula is C18H26N6OS. The Kier molecular flexibility index (Phi) is 4.69. The number of fused-ring (bicyclic) bond motifs is 1. The number of thiazole rings is 1. The predicted molar refractivity (Wildman–Crippen MR) is 100 cm³/mol. The first-order valence-corrected chi connectivity index (χ1v) is 10.3. The average molecular weight is 375 g/mol. The number of rotatable bonds is 3. The Morgan fingerprint density at radius 1 is 1.19 bits per heavy atom. The summed E-state index contributed by atoms with van der Waals surface area (Å²) in [5, 5.41) is 13.0. The highest BCUT2D eigenvalue weighted by Gasteiger charge is 2.33. The lowest BCUT2D eigenvalue weighted by molar-refractivity contribution is 0.158. The number of hydrogen-bond donors (Lipinski definition) is 1. The van der Waals surface area contributed by atoms with Crippen LogP contribution in [0.25, 0.3) is 0 Å². The van der Waals surface area contributed by atoms with E-state index in [-0.39, 0.29) is 12.1 Å². The molecule has 1 N–H and O–H groups in total. The third kappa shape index (κ3) is 3.11. The van der Waals surface area contributed by atoms with E-state index in [4.69, 9.17) is 0 Å². The van der Waals surface area contributed by atoms with Gasteiger partial charge in [0.2, 0.25) is 0 Å². The molecule has 8 heteroatoms. The van der Waals surface area contributed by atoms with E-state index in [1.807, 2.05) is 25.7 Å². The fraction of sp³-hybridized carbons (Fsp3) is 0.667. The minimum Gasteiger partial charge on any atom is -0.333 e. The summed E-state index contributed by atoms with van der Waals surface area (Å²) >= 11 is 1.64. The second-order valence-corrected chi connectivity index (χ2v) is 8.61. The van der Waals surface area contributed by atoms with Crippen LogP contribution in [0.5, 0.6) is 0 Å². The van der Waals surface area contributed by atoms with Crippen LogP contribution in [0.4, 0.5) is 4.79 Å². The lowest BCUT2D eigenvalue weighted by Crippen LogP contribution is -2.46. The summed E-state index contributed by atoms with van der Waals surface area (Å²) < 4.78 is 2.25. The minimum atomic E-state index is -0.0595. The number of amides is 2. The minimum absolute atomic E-state index is 0.0420. The lowest BCUT2D eigenvalue weighted by Gasteiger charge is -2.34. The zero-order valence-electron chi connectivity index (χ0n) is 15.7. The number of urea groups is 1. The van der Waals surface area contributed by atoms with E-state index in [0.717, 1.165) is 33.8 Å². The van der Waals surface area contributed by atoms with Crippen molar-refractivity contribution in [3.63, 3.8) is 0 Å². The predicted octanol–water partition coefficient (Wildman–Crippen LogP) is 3.30. The van der Waals surface area contributed by atoms with Crippen molar-refractivity contribution in [1.82, 2.24) is 30.0 Å². The summed E-state index contributed by atoms with van der Waals surface area (Å²) in [5.74, 6) is 2.58. The second kappa shape index (κ2) is 6.98. The molecule has 1 aliphatic carbocycles. The standard InChI is InChI=1S/C18H26N6OS/c1-11-15(26-13(3)20-11)10-19-18(25)23-8-9-24-16(12(23)2)21-22-17(24)14-6-4-5-7-14/h12,14H,4-10H2,1-3H3,(H,19,25). The highest BCUT2D eigenvalue weighted by Crippen LogP contribution is 2.35. The molecule has 1 unspecified atom stereocenters. The maximum absolute atomic E-state index is 12.7. The molecule has 0 aromatic carbocycles. The topological polar surface area (TPSA) is 75.9 Å². The third-order valence-electron chi connectivity index (χ3n) is 5.59. The van der Waals surface area contributed by atoms with Gasteiger partial charge in [-0.1, -0.05) is 12.8 Å². The Morgan fingerprint density at radius 2 is 1.92 bits per heavy atom. The van der Waals surface area contributed by atoms with Crippen molar-refractivity contribution in [1.29, 1.82) is 0 Å². The zero-order chi connectivity index (χ0) is 18.3. The van der Waals surface area contributed by atoms with Crippen LogP contribution in [0.3, 0.4) is 0 Å². The molecule has 0 bridgehead atoms. The normalized spacial score (nSPS) is 20.4. The van der Waals surface area contributed by atoms with Gasteiger partial charge in [0.15, 0.2) is 5.82 Å². The fourth-order valence-corrected chi connectivity index (χ4v) is 5.04. The number of nitrogens with zero attached hydrogens (tertiary/aromatic N) is 5. The second-order valence-electron chi connectivity index (χ2n) is 7.32. The molecule has 0 spiro atoms. The van der Waals surface area contributed by atoms with E-state index in [1.54, 1.807) is 11.3 Å². The first-order chi connectivity index (χ1) is 12.5. The molecule has 2 aliphatic rings. The first-order valence-electron chi connectivity index (χ1n) is 9.45. The molecule has 3 heterocycles. The van der Waals surface area contributed by atoms with Crippen molar-refractivity contribution >= 4 is 17.4 Å². The molecule has 1 atom stereocenters. The van der Waals surface area contributed by atoms with Crippen LogP contribution in [-0.4, -0.2) is 37.2 Å². The van der Waals surface area contributed by atoms with Gasteiger partial charge in [0.25, 0.3) is 0 Å². The fourth-order valence-electron chi connectivity index (χ4n) is 4.17. The molecule has 7 nitrogen and oxygen atoms in total. The van der Waals surface area contributed by atoms with Crippen LogP contribution >= 0.6 is 11.3 Å². The van der Waals surface area contributed by atoms with Crippen LogP contribution in [0.1, 0.15) is 71.8 Å². The van der Waals surface area contributed by atoms with Gasteiger partial charge < -0.3 is 14.8 Å². The van der Waals surface area contributed by atoms with Crippen LogP contribution in [0, 0.1) is 13.8 Å². The first kappa shape index (κ1) is 17.5. The van der Waals surface area contributed by atoms with E-state index < -0.39 is 0 Å². The average Bonchev–Trinajstić information content (AvgIpc) is 3.32. The Hall–Kier alpha value is -1.96. The van der Waals surface area contributed by atoms with Crippen LogP contribution in [-0.2, 0) is 13.1 Å². The molecule has 1 saturated carbocycles. The molecule has 0 radical (unpaired) electrons.